The van der Waals surface area contributed by atoms with Crippen molar-refractivity contribution in [1.82, 2.24) is 14.7 Å². The first-order valence-electron chi connectivity index (χ1n) is 14.9. The SMILES string of the molecule is C#CC(=O)[C@H]1CC[C@H](C)CN1C(=O)OC(C)(C)C.CCN(/C=C/C(=O)[C@H]1CC[C@H](C)CN1C(=O)OC(C)(C)C)CC. The van der Waals surface area contributed by atoms with Crippen molar-refractivity contribution < 1.29 is 28.7 Å². The van der Waals surface area contributed by atoms with Crippen LogP contribution < -0.4 is 0 Å². The van der Waals surface area contributed by atoms with E-state index in [0.29, 0.717) is 37.8 Å². The molecule has 9 heteroatoms. The van der Waals surface area contributed by atoms with Gasteiger partial charge >= 0.3 is 12.2 Å². The number of piperidine rings is 2. The van der Waals surface area contributed by atoms with Gasteiger partial charge in [0, 0.05) is 32.4 Å². The molecule has 2 amide bonds. The second-order valence-electron chi connectivity index (χ2n) is 13.1. The van der Waals surface area contributed by atoms with Crippen molar-refractivity contribution >= 4 is 23.8 Å². The van der Waals surface area contributed by atoms with Gasteiger partial charge in [-0.25, -0.2) is 9.59 Å². The molecule has 0 aromatic rings. The minimum atomic E-state index is -0.568. The second kappa shape index (κ2) is 15.8. The lowest BCUT2D eigenvalue weighted by molar-refractivity contribution is -0.121. The number of amides is 2. The van der Waals surface area contributed by atoms with Crippen molar-refractivity contribution in [1.29, 1.82) is 0 Å². The van der Waals surface area contributed by atoms with Crippen LogP contribution in [0, 0.1) is 24.2 Å². The van der Waals surface area contributed by atoms with E-state index in [0.717, 1.165) is 25.9 Å². The molecule has 2 fully saturated rings. The lowest BCUT2D eigenvalue weighted by Crippen LogP contribution is -2.51. The second-order valence-corrected chi connectivity index (χ2v) is 13.1. The third-order valence-electron chi connectivity index (χ3n) is 6.93. The van der Waals surface area contributed by atoms with E-state index < -0.39 is 35.5 Å². The lowest BCUT2D eigenvalue weighted by Gasteiger charge is -2.38. The van der Waals surface area contributed by atoms with Crippen LogP contribution in [0.4, 0.5) is 9.59 Å². The highest BCUT2D eigenvalue weighted by atomic mass is 16.6. The maximum Gasteiger partial charge on any atom is 0.410 e. The molecule has 41 heavy (non-hydrogen) atoms. The molecule has 0 radical (unpaired) electrons. The Hall–Kier alpha value is -3.02. The quantitative estimate of drug-likeness (QED) is 0.229. The first-order valence-corrected chi connectivity index (χ1v) is 14.9. The summed E-state index contributed by atoms with van der Waals surface area (Å²) < 4.78 is 10.8. The lowest BCUT2D eigenvalue weighted by atomic mass is 9.92. The van der Waals surface area contributed by atoms with Crippen LogP contribution in [0.15, 0.2) is 12.3 Å². The van der Waals surface area contributed by atoms with Gasteiger partial charge in [-0.1, -0.05) is 13.8 Å². The normalized spacial score (nSPS) is 23.1. The van der Waals surface area contributed by atoms with Crippen LogP contribution in [0.25, 0.3) is 0 Å². The summed E-state index contributed by atoms with van der Waals surface area (Å²) in [4.78, 5) is 53.9. The zero-order chi connectivity index (χ0) is 31.5. The maximum atomic E-state index is 12.6. The molecular weight excluding hydrogens is 522 g/mol. The minimum Gasteiger partial charge on any atom is -0.444 e. The van der Waals surface area contributed by atoms with Crippen LogP contribution in [-0.2, 0) is 19.1 Å². The summed E-state index contributed by atoms with van der Waals surface area (Å²) in [5.41, 5.74) is -1.12. The predicted molar refractivity (Wildman–Crippen MR) is 161 cm³/mol. The number of Topliss-reactive ketones (excluding diaryl/α,β-unsaturated/α-hetero) is 1. The summed E-state index contributed by atoms with van der Waals surface area (Å²) >= 11 is 0. The molecule has 4 atom stereocenters. The molecule has 2 rings (SSSR count). The Morgan fingerprint density at radius 1 is 0.805 bits per heavy atom. The number of hydrogen-bond donors (Lipinski definition) is 0. The summed E-state index contributed by atoms with van der Waals surface area (Å²) in [5, 5.41) is 0. The van der Waals surface area contributed by atoms with Gasteiger partial charge in [0.1, 0.15) is 17.2 Å². The first-order chi connectivity index (χ1) is 18.9. The van der Waals surface area contributed by atoms with E-state index in [9.17, 15) is 19.2 Å². The Balaban J connectivity index is 0.000000422. The highest BCUT2D eigenvalue weighted by molar-refractivity contribution is 6.00. The topological polar surface area (TPSA) is 96.5 Å². The zero-order valence-corrected chi connectivity index (χ0v) is 27.0. The molecule has 0 saturated carbocycles. The highest BCUT2D eigenvalue weighted by Crippen LogP contribution is 2.26. The molecule has 0 unspecified atom stereocenters. The number of ketones is 2. The highest BCUT2D eigenvalue weighted by Gasteiger charge is 2.37. The molecule has 232 valence electrons. The van der Waals surface area contributed by atoms with Gasteiger partial charge in [0.25, 0.3) is 0 Å². The molecule has 9 nitrogen and oxygen atoms in total. The molecule has 0 aromatic carbocycles. The van der Waals surface area contributed by atoms with E-state index in [1.807, 2.05) is 47.7 Å². The third kappa shape index (κ3) is 12.6. The molecule has 0 aromatic heterocycles. The summed E-state index contributed by atoms with van der Waals surface area (Å²) in [6.45, 7) is 22.0. The van der Waals surface area contributed by atoms with Crippen molar-refractivity contribution in [3.8, 4) is 12.3 Å². The Morgan fingerprint density at radius 2 is 1.22 bits per heavy atom. The van der Waals surface area contributed by atoms with Gasteiger partial charge in [-0.2, -0.15) is 0 Å². The minimum absolute atomic E-state index is 0.0188. The third-order valence-corrected chi connectivity index (χ3v) is 6.93. The predicted octanol–water partition coefficient (Wildman–Crippen LogP) is 5.67. The van der Waals surface area contributed by atoms with E-state index in [1.165, 1.54) is 4.90 Å². The van der Waals surface area contributed by atoms with Gasteiger partial charge in [-0.05, 0) is 105 Å². The van der Waals surface area contributed by atoms with Crippen LogP contribution in [0.1, 0.15) is 94.9 Å². The van der Waals surface area contributed by atoms with Crippen LogP contribution in [-0.4, -0.2) is 87.9 Å². The van der Waals surface area contributed by atoms with Crippen LogP contribution in [0.5, 0.6) is 0 Å². The number of hydrogen-bond acceptors (Lipinski definition) is 7. The maximum absolute atomic E-state index is 12.6. The molecular formula is C32H53N3O6. The summed E-state index contributed by atoms with van der Waals surface area (Å²) in [5.74, 6) is 2.50. The molecule has 2 aliphatic heterocycles. The van der Waals surface area contributed by atoms with Gasteiger partial charge in [0.2, 0.25) is 5.78 Å². The zero-order valence-electron chi connectivity index (χ0n) is 27.0. The standard InChI is InChI=1S/C18H32N2O3.C14H21NO3/c1-7-19(8-2)12-11-16(21)15-10-9-14(3)13-20(15)17(22)23-18(4,5)6;1-6-12(16)11-8-7-10(2)9-15(11)13(17)18-14(3,4)5/h11-12,14-15H,7-10,13H2,1-6H3;1,10-11H,7-9H2,2-5H3/b12-11+;/t14-,15+;10-,11+/m00/s1. The fraction of sp³-hybridized carbons (Fsp3) is 0.750. The first kappa shape index (κ1) is 36.0. The number of terminal acetylenes is 1. The summed E-state index contributed by atoms with van der Waals surface area (Å²) in [7, 11) is 0. The molecule has 0 aliphatic carbocycles. The van der Waals surface area contributed by atoms with E-state index in [4.69, 9.17) is 15.9 Å². The fourth-order valence-corrected chi connectivity index (χ4v) is 4.74. The van der Waals surface area contributed by atoms with Gasteiger partial charge < -0.3 is 14.4 Å². The fourth-order valence-electron chi connectivity index (χ4n) is 4.74. The van der Waals surface area contributed by atoms with E-state index in [-0.39, 0.29) is 11.6 Å². The van der Waals surface area contributed by atoms with Crippen LogP contribution in [0.3, 0.4) is 0 Å². The Labute approximate surface area is 248 Å². The molecule has 2 aliphatic rings. The number of ether oxygens (including phenoxy) is 2. The van der Waals surface area contributed by atoms with Gasteiger partial charge in [-0.3, -0.25) is 19.4 Å². The molecule has 2 heterocycles. The Bertz CT molecular complexity index is 967. The number of carbonyl (C=O) groups excluding carboxylic acids is 4. The van der Waals surface area contributed by atoms with Gasteiger partial charge in [0.15, 0.2) is 5.78 Å². The summed E-state index contributed by atoms with van der Waals surface area (Å²) in [6, 6.07) is -0.936. The molecule has 0 N–H and O–H groups in total. The van der Waals surface area contributed by atoms with Crippen molar-refractivity contribution in [2.75, 3.05) is 26.2 Å². The number of nitrogens with zero attached hydrogens (tertiary/aromatic N) is 3. The van der Waals surface area contributed by atoms with E-state index >= 15 is 0 Å². The number of likely N-dealkylation sites (tertiary alicyclic amines) is 2. The number of carbonyl (C=O) groups is 4. The molecule has 2 saturated heterocycles. The van der Waals surface area contributed by atoms with Gasteiger partial charge in [0.05, 0.1) is 6.04 Å². The Morgan fingerprint density at radius 3 is 1.61 bits per heavy atom. The van der Waals surface area contributed by atoms with Crippen LogP contribution in [0.2, 0.25) is 0 Å². The van der Waals surface area contributed by atoms with Gasteiger partial charge in [-0.15, -0.1) is 6.42 Å². The van der Waals surface area contributed by atoms with Crippen molar-refractivity contribution in [2.24, 2.45) is 11.8 Å². The van der Waals surface area contributed by atoms with E-state index in [2.05, 4.69) is 17.7 Å². The van der Waals surface area contributed by atoms with E-state index in [1.54, 1.807) is 31.7 Å². The molecule has 0 spiro atoms. The largest absolute Gasteiger partial charge is 0.444 e. The average Bonchev–Trinajstić information content (AvgIpc) is 2.87. The van der Waals surface area contributed by atoms with Crippen LogP contribution >= 0.6 is 0 Å². The average molecular weight is 576 g/mol. The monoisotopic (exact) mass is 575 g/mol. The Kier molecular flexibility index (Phi) is 13.9. The summed E-state index contributed by atoms with van der Waals surface area (Å²) in [6.07, 6.45) is 10.9. The smallest absolute Gasteiger partial charge is 0.410 e. The van der Waals surface area contributed by atoms with Crippen molar-refractivity contribution in [3.63, 3.8) is 0 Å². The number of rotatable bonds is 6. The molecule has 0 bridgehead atoms. The van der Waals surface area contributed by atoms with Crippen molar-refractivity contribution in [3.05, 3.63) is 12.3 Å². The van der Waals surface area contributed by atoms with Crippen molar-refractivity contribution in [2.45, 2.75) is 118 Å².